The fourth-order valence-electron chi connectivity index (χ4n) is 5.19. The minimum absolute atomic E-state index is 0.000238. The highest BCUT2D eigenvalue weighted by atomic mass is 16.5. The Morgan fingerprint density at radius 3 is 2.81 bits per heavy atom. The van der Waals surface area contributed by atoms with Crippen LogP contribution in [0.2, 0.25) is 0 Å². The molecule has 6 nitrogen and oxygen atoms in total. The standard InChI is InChI=1S/C26H25N3O3/c1-16-10-23-21(12-19(16)26-14-27-15-32-26)25(30)13-22(28-23)18-3-2-17-4-5-24(20(17)11-18)29-6-8-31-9-7-29/h2-3,10-15,24H,4-9H2,1H3,(H,28,30). The van der Waals surface area contributed by atoms with E-state index in [1.165, 1.54) is 17.5 Å². The van der Waals surface area contributed by atoms with Gasteiger partial charge in [0.15, 0.2) is 17.6 Å². The van der Waals surface area contributed by atoms with E-state index in [9.17, 15) is 4.79 Å². The molecule has 1 N–H and O–H groups in total. The number of fused-ring (bicyclic) bond motifs is 2. The third-order valence-electron chi connectivity index (χ3n) is 6.86. The second kappa shape index (κ2) is 7.73. The molecule has 3 heterocycles. The highest BCUT2D eigenvalue weighted by Gasteiger charge is 2.29. The van der Waals surface area contributed by atoms with Gasteiger partial charge in [-0.1, -0.05) is 12.1 Å². The molecular weight excluding hydrogens is 402 g/mol. The smallest absolute Gasteiger partial charge is 0.190 e. The van der Waals surface area contributed by atoms with Gasteiger partial charge < -0.3 is 14.1 Å². The number of aromatic amines is 1. The summed E-state index contributed by atoms with van der Waals surface area (Å²) in [5.41, 5.74) is 7.47. The molecule has 0 spiro atoms. The number of rotatable bonds is 3. The lowest BCUT2D eigenvalue weighted by atomic mass is 9.99. The molecule has 1 unspecified atom stereocenters. The highest BCUT2D eigenvalue weighted by molar-refractivity contribution is 5.87. The lowest BCUT2D eigenvalue weighted by molar-refractivity contribution is 0.0164. The van der Waals surface area contributed by atoms with Gasteiger partial charge in [-0.05, 0) is 60.2 Å². The van der Waals surface area contributed by atoms with E-state index in [0.717, 1.165) is 67.0 Å². The van der Waals surface area contributed by atoms with Gasteiger partial charge in [0.05, 0.1) is 24.9 Å². The lowest BCUT2D eigenvalue weighted by Gasteiger charge is -2.32. The summed E-state index contributed by atoms with van der Waals surface area (Å²) in [5, 5.41) is 0.651. The van der Waals surface area contributed by atoms with Gasteiger partial charge in [0.2, 0.25) is 0 Å². The van der Waals surface area contributed by atoms with Crippen molar-refractivity contribution in [3.8, 4) is 22.6 Å². The van der Waals surface area contributed by atoms with Gasteiger partial charge in [0, 0.05) is 41.8 Å². The van der Waals surface area contributed by atoms with Crippen molar-refractivity contribution >= 4 is 10.9 Å². The molecule has 6 rings (SSSR count). The van der Waals surface area contributed by atoms with Crippen molar-refractivity contribution in [3.63, 3.8) is 0 Å². The third-order valence-corrected chi connectivity index (χ3v) is 6.86. The van der Waals surface area contributed by atoms with E-state index in [1.807, 2.05) is 19.1 Å². The summed E-state index contributed by atoms with van der Waals surface area (Å²) in [5.74, 6) is 0.667. The Bertz CT molecular complexity index is 1350. The van der Waals surface area contributed by atoms with Crippen LogP contribution in [0.1, 0.15) is 29.2 Å². The zero-order valence-electron chi connectivity index (χ0n) is 18.1. The first-order valence-corrected chi connectivity index (χ1v) is 11.2. The number of pyridine rings is 1. The van der Waals surface area contributed by atoms with E-state index < -0.39 is 0 Å². The van der Waals surface area contributed by atoms with Crippen molar-refractivity contribution in [2.45, 2.75) is 25.8 Å². The molecule has 32 heavy (non-hydrogen) atoms. The van der Waals surface area contributed by atoms with Crippen LogP contribution in [0.15, 0.2) is 58.2 Å². The van der Waals surface area contributed by atoms with Crippen LogP contribution in [-0.2, 0) is 11.2 Å². The van der Waals surface area contributed by atoms with Crippen molar-refractivity contribution in [1.29, 1.82) is 0 Å². The van der Waals surface area contributed by atoms with E-state index in [1.54, 1.807) is 12.3 Å². The molecule has 2 aromatic carbocycles. The average molecular weight is 428 g/mol. The summed E-state index contributed by atoms with van der Waals surface area (Å²) in [4.78, 5) is 23.1. The van der Waals surface area contributed by atoms with E-state index in [4.69, 9.17) is 9.15 Å². The normalized spacial score (nSPS) is 18.8. The van der Waals surface area contributed by atoms with Crippen molar-refractivity contribution in [2.24, 2.45) is 0 Å². The summed E-state index contributed by atoms with van der Waals surface area (Å²) in [6.45, 7) is 5.59. The summed E-state index contributed by atoms with van der Waals surface area (Å²) < 4.78 is 11.0. The molecular formula is C26H25N3O3. The molecule has 0 radical (unpaired) electrons. The number of hydrogen-bond donors (Lipinski definition) is 1. The van der Waals surface area contributed by atoms with E-state index in [0.29, 0.717) is 17.2 Å². The average Bonchev–Trinajstić information content (AvgIpc) is 3.49. The highest BCUT2D eigenvalue weighted by Crippen LogP contribution is 2.38. The lowest BCUT2D eigenvalue weighted by Crippen LogP contribution is -2.38. The number of hydrogen-bond acceptors (Lipinski definition) is 5. The summed E-state index contributed by atoms with van der Waals surface area (Å²) in [6.07, 6.45) is 5.34. The fourth-order valence-corrected chi connectivity index (χ4v) is 5.19. The van der Waals surface area contributed by atoms with Crippen molar-refractivity contribution in [3.05, 3.63) is 75.9 Å². The molecule has 0 saturated carbocycles. The Hall–Kier alpha value is -3.22. The molecule has 1 aliphatic heterocycles. The molecule has 1 saturated heterocycles. The van der Waals surface area contributed by atoms with Crippen molar-refractivity contribution < 1.29 is 9.15 Å². The predicted octanol–water partition coefficient (Wildman–Crippen LogP) is 4.48. The van der Waals surface area contributed by atoms with Gasteiger partial charge in [0.25, 0.3) is 0 Å². The number of aryl methyl sites for hydroxylation is 2. The predicted molar refractivity (Wildman–Crippen MR) is 124 cm³/mol. The number of nitrogens with one attached hydrogen (secondary N) is 1. The van der Waals surface area contributed by atoms with Gasteiger partial charge in [-0.15, -0.1) is 0 Å². The van der Waals surface area contributed by atoms with E-state index in [-0.39, 0.29) is 5.43 Å². The Morgan fingerprint density at radius 2 is 2.00 bits per heavy atom. The maximum absolute atomic E-state index is 13.1. The van der Waals surface area contributed by atoms with E-state index in [2.05, 4.69) is 33.1 Å². The topological polar surface area (TPSA) is 71.4 Å². The number of benzene rings is 2. The van der Waals surface area contributed by atoms with Gasteiger partial charge in [-0.2, -0.15) is 0 Å². The Kier molecular flexibility index (Phi) is 4.70. The second-order valence-corrected chi connectivity index (χ2v) is 8.74. The van der Waals surface area contributed by atoms with Crippen LogP contribution >= 0.6 is 0 Å². The Morgan fingerprint density at radius 1 is 1.12 bits per heavy atom. The van der Waals surface area contributed by atoms with Crippen molar-refractivity contribution in [1.82, 2.24) is 14.9 Å². The van der Waals surface area contributed by atoms with E-state index >= 15 is 0 Å². The first-order valence-electron chi connectivity index (χ1n) is 11.2. The Balaban J connectivity index is 1.41. The molecule has 1 atom stereocenters. The van der Waals surface area contributed by atoms with Crippen LogP contribution in [0.5, 0.6) is 0 Å². The molecule has 2 aliphatic rings. The Labute approximate surface area is 185 Å². The molecule has 2 aromatic heterocycles. The molecule has 0 amide bonds. The van der Waals surface area contributed by atoms with Gasteiger partial charge in [-0.3, -0.25) is 9.69 Å². The van der Waals surface area contributed by atoms with Crippen LogP contribution in [0.4, 0.5) is 0 Å². The number of H-pyrrole nitrogens is 1. The number of ether oxygens (including phenoxy) is 1. The number of nitrogens with zero attached hydrogens (tertiary/aromatic N) is 2. The zero-order chi connectivity index (χ0) is 21.7. The summed E-state index contributed by atoms with van der Waals surface area (Å²) >= 11 is 0. The van der Waals surface area contributed by atoms with Gasteiger partial charge in [-0.25, -0.2) is 4.98 Å². The first-order chi connectivity index (χ1) is 15.7. The van der Waals surface area contributed by atoms with Crippen LogP contribution in [-0.4, -0.2) is 41.2 Å². The SMILES string of the molecule is Cc1cc2[nH]c(-c3ccc4c(c3)C(N3CCOCC3)CC4)cc(=O)c2cc1-c1cnco1. The monoisotopic (exact) mass is 427 g/mol. The fraction of sp³-hybridized carbons (Fsp3) is 0.308. The zero-order valence-corrected chi connectivity index (χ0v) is 18.1. The molecule has 4 aromatic rings. The summed E-state index contributed by atoms with van der Waals surface area (Å²) in [7, 11) is 0. The molecule has 1 aliphatic carbocycles. The number of oxazole rings is 1. The van der Waals surface area contributed by atoms with Crippen LogP contribution in [0.25, 0.3) is 33.5 Å². The minimum atomic E-state index is -0.000238. The maximum Gasteiger partial charge on any atom is 0.190 e. The van der Waals surface area contributed by atoms with Crippen LogP contribution in [0, 0.1) is 6.92 Å². The largest absolute Gasteiger partial charge is 0.444 e. The van der Waals surface area contributed by atoms with Crippen LogP contribution < -0.4 is 5.43 Å². The maximum atomic E-state index is 13.1. The summed E-state index contributed by atoms with van der Waals surface area (Å²) in [6, 6.07) is 12.7. The second-order valence-electron chi connectivity index (χ2n) is 8.74. The number of aromatic nitrogens is 2. The van der Waals surface area contributed by atoms with Gasteiger partial charge in [0.1, 0.15) is 0 Å². The molecule has 0 bridgehead atoms. The van der Waals surface area contributed by atoms with Crippen molar-refractivity contribution in [2.75, 3.05) is 26.3 Å². The molecule has 162 valence electrons. The quantitative estimate of drug-likeness (QED) is 0.522. The molecule has 6 heteroatoms. The minimum Gasteiger partial charge on any atom is -0.444 e. The van der Waals surface area contributed by atoms with Gasteiger partial charge >= 0.3 is 0 Å². The molecule has 1 fully saturated rings. The third kappa shape index (κ3) is 3.27. The number of morpholine rings is 1. The first kappa shape index (κ1) is 19.5. The van der Waals surface area contributed by atoms with Crippen LogP contribution in [0.3, 0.4) is 0 Å².